The number of pyridine rings is 1. The topological polar surface area (TPSA) is 67.5 Å². The largest absolute Gasteiger partial charge is 0.349 e. The van der Waals surface area contributed by atoms with Crippen molar-refractivity contribution in [2.45, 2.75) is 38.1 Å². The van der Waals surface area contributed by atoms with E-state index in [0.29, 0.717) is 5.92 Å². The molecule has 1 N–H and O–H groups in total. The maximum atomic E-state index is 14.6. The summed E-state index contributed by atoms with van der Waals surface area (Å²) in [7, 11) is 2.16. The Hall–Kier alpha value is -3.52. The van der Waals surface area contributed by atoms with Crippen molar-refractivity contribution in [2.24, 2.45) is 0 Å². The van der Waals surface area contributed by atoms with Crippen LogP contribution in [-0.4, -0.2) is 56.2 Å². The lowest BCUT2D eigenvalue weighted by Gasteiger charge is -2.12. The quantitative estimate of drug-likeness (QED) is 0.492. The molecule has 6 rings (SSSR count). The zero-order valence-electron chi connectivity index (χ0n) is 19.3. The Bertz CT molecular complexity index is 1400. The second kappa shape index (κ2) is 8.06. The van der Waals surface area contributed by atoms with Gasteiger partial charge in [0.05, 0.1) is 18.0 Å². The maximum absolute atomic E-state index is 14.6. The molecule has 0 spiro atoms. The summed E-state index contributed by atoms with van der Waals surface area (Å²) in [6.07, 6.45) is 10.7. The lowest BCUT2D eigenvalue weighted by atomic mass is 9.99. The molecular weight excluding hydrogens is 431 g/mol. The van der Waals surface area contributed by atoms with Gasteiger partial charge in [0.15, 0.2) is 5.82 Å². The van der Waals surface area contributed by atoms with E-state index in [4.69, 9.17) is 0 Å². The smallest absolute Gasteiger partial charge is 0.254 e. The van der Waals surface area contributed by atoms with E-state index in [9.17, 15) is 9.18 Å². The van der Waals surface area contributed by atoms with Crippen molar-refractivity contribution in [3.05, 3.63) is 71.6 Å². The average molecular weight is 459 g/mol. The Kier molecular flexibility index (Phi) is 4.99. The van der Waals surface area contributed by atoms with Crippen molar-refractivity contribution in [1.82, 2.24) is 29.4 Å². The fourth-order valence-corrected chi connectivity index (χ4v) is 4.84. The van der Waals surface area contributed by atoms with E-state index >= 15 is 0 Å². The highest BCUT2D eigenvalue weighted by Gasteiger charge is 2.26. The predicted molar refractivity (Wildman–Crippen MR) is 128 cm³/mol. The highest BCUT2D eigenvalue weighted by Crippen LogP contribution is 2.29. The molecule has 0 radical (unpaired) electrons. The van der Waals surface area contributed by atoms with Crippen LogP contribution in [-0.2, 0) is 0 Å². The number of hydrogen-bond donors (Lipinski definition) is 1. The number of halogens is 1. The normalized spacial score (nSPS) is 18.6. The molecule has 1 aliphatic heterocycles. The summed E-state index contributed by atoms with van der Waals surface area (Å²) < 4.78 is 18.4. The minimum absolute atomic E-state index is 0.0706. The number of nitrogens with zero attached hydrogens (tertiary/aromatic N) is 5. The third kappa shape index (κ3) is 3.77. The molecule has 1 saturated heterocycles. The number of hydrogen-bond acceptors (Lipinski definition) is 4. The lowest BCUT2D eigenvalue weighted by Crippen LogP contribution is -2.26. The number of carbonyl (C=O) groups excluding carboxylic acids is 1. The van der Waals surface area contributed by atoms with E-state index in [-0.39, 0.29) is 17.5 Å². The molecule has 7 nitrogen and oxygen atoms in total. The van der Waals surface area contributed by atoms with E-state index in [2.05, 4.69) is 50.1 Å². The first-order valence-corrected chi connectivity index (χ1v) is 11.8. The molecule has 1 aliphatic carbocycles. The second-order valence-corrected chi connectivity index (χ2v) is 9.62. The number of amides is 1. The molecule has 4 heterocycles. The van der Waals surface area contributed by atoms with Crippen molar-refractivity contribution < 1.29 is 9.18 Å². The number of likely N-dealkylation sites (N-methyl/N-ethyl adjacent to an activating group) is 1. The number of nitrogens with one attached hydrogen (secondary N) is 1. The molecule has 2 fully saturated rings. The van der Waals surface area contributed by atoms with Crippen LogP contribution < -0.4 is 5.32 Å². The summed E-state index contributed by atoms with van der Waals surface area (Å²) in [5.41, 5.74) is 4.59. The first-order valence-electron chi connectivity index (χ1n) is 11.8. The van der Waals surface area contributed by atoms with Crippen LogP contribution >= 0.6 is 0 Å². The number of fused-ring (bicyclic) bond motifs is 1. The van der Waals surface area contributed by atoms with Crippen LogP contribution in [0.25, 0.3) is 22.6 Å². The standard InChI is InChI=1S/C26H27FN6O/c1-16-9-23(27)22(26(34)30-20-4-5-20)10-21(16)19-11-29-33(15-19)25-12-28-24-6-3-17(14-32(24)25)18-7-8-31(2)13-18/h3,6,9-12,14-15,18,20H,4-5,7-8,13H2,1-2H3,(H,30,34)/t18-/m1/s1. The van der Waals surface area contributed by atoms with Gasteiger partial charge >= 0.3 is 0 Å². The average Bonchev–Trinajstić information content (AvgIpc) is 3.18. The molecule has 4 aromatic rings. The van der Waals surface area contributed by atoms with Gasteiger partial charge in [0.1, 0.15) is 11.5 Å². The van der Waals surface area contributed by atoms with Gasteiger partial charge in [-0.2, -0.15) is 5.10 Å². The number of rotatable bonds is 5. The van der Waals surface area contributed by atoms with Gasteiger partial charge < -0.3 is 10.2 Å². The van der Waals surface area contributed by atoms with Crippen LogP contribution in [0.3, 0.4) is 0 Å². The van der Waals surface area contributed by atoms with Crippen molar-refractivity contribution in [2.75, 3.05) is 20.1 Å². The van der Waals surface area contributed by atoms with Crippen LogP contribution in [0.4, 0.5) is 4.39 Å². The fraction of sp³-hybridized carbons (Fsp3) is 0.346. The van der Waals surface area contributed by atoms with E-state index in [1.165, 1.54) is 11.6 Å². The summed E-state index contributed by atoms with van der Waals surface area (Å²) in [5.74, 6) is 0.486. The minimum atomic E-state index is -0.501. The fourth-order valence-electron chi connectivity index (χ4n) is 4.84. The number of carbonyl (C=O) groups is 1. The third-order valence-corrected chi connectivity index (χ3v) is 6.97. The van der Waals surface area contributed by atoms with Gasteiger partial charge in [-0.05, 0) is 80.6 Å². The Morgan fingerprint density at radius 1 is 1.15 bits per heavy atom. The van der Waals surface area contributed by atoms with Crippen LogP contribution in [0.1, 0.15) is 46.7 Å². The van der Waals surface area contributed by atoms with Gasteiger partial charge in [-0.1, -0.05) is 6.07 Å². The van der Waals surface area contributed by atoms with Gasteiger partial charge in [-0.3, -0.25) is 9.20 Å². The monoisotopic (exact) mass is 458 g/mol. The maximum Gasteiger partial charge on any atom is 0.254 e. The van der Waals surface area contributed by atoms with Crippen LogP contribution in [0.2, 0.25) is 0 Å². The Labute approximate surface area is 197 Å². The number of benzene rings is 1. The molecule has 1 aromatic carbocycles. The van der Waals surface area contributed by atoms with Gasteiger partial charge in [-0.15, -0.1) is 0 Å². The van der Waals surface area contributed by atoms with Gasteiger partial charge in [0.25, 0.3) is 5.91 Å². The highest BCUT2D eigenvalue weighted by molar-refractivity contribution is 5.96. The third-order valence-electron chi connectivity index (χ3n) is 6.97. The summed E-state index contributed by atoms with van der Waals surface area (Å²) in [6, 6.07) is 7.45. The minimum Gasteiger partial charge on any atom is -0.349 e. The second-order valence-electron chi connectivity index (χ2n) is 9.62. The molecule has 8 heteroatoms. The Morgan fingerprint density at radius 2 is 2.00 bits per heavy atom. The summed E-state index contributed by atoms with van der Waals surface area (Å²) in [4.78, 5) is 19.4. The highest BCUT2D eigenvalue weighted by atomic mass is 19.1. The molecular formula is C26H27FN6O. The van der Waals surface area contributed by atoms with E-state index in [1.54, 1.807) is 16.9 Å². The number of likely N-dealkylation sites (tertiary alicyclic amines) is 1. The number of imidazole rings is 1. The number of aryl methyl sites for hydroxylation is 1. The van der Waals surface area contributed by atoms with Gasteiger partial charge in [0.2, 0.25) is 0 Å². The molecule has 174 valence electrons. The van der Waals surface area contributed by atoms with Crippen molar-refractivity contribution >= 4 is 11.6 Å². The molecule has 0 unspecified atom stereocenters. The van der Waals surface area contributed by atoms with Crippen LogP contribution in [0.15, 0.2) is 49.1 Å². The van der Waals surface area contributed by atoms with E-state index in [0.717, 1.165) is 60.5 Å². The van der Waals surface area contributed by atoms with Crippen LogP contribution in [0.5, 0.6) is 0 Å². The summed E-state index contributed by atoms with van der Waals surface area (Å²) >= 11 is 0. The molecule has 3 aromatic heterocycles. The summed E-state index contributed by atoms with van der Waals surface area (Å²) in [6.45, 7) is 4.01. The molecule has 34 heavy (non-hydrogen) atoms. The Balaban J connectivity index is 1.34. The van der Waals surface area contributed by atoms with Gasteiger partial charge in [-0.25, -0.2) is 14.1 Å². The predicted octanol–water partition coefficient (Wildman–Crippen LogP) is 3.95. The van der Waals surface area contributed by atoms with Crippen LogP contribution in [0, 0.1) is 12.7 Å². The van der Waals surface area contributed by atoms with E-state index < -0.39 is 5.82 Å². The number of aromatic nitrogens is 4. The summed E-state index contributed by atoms with van der Waals surface area (Å²) in [5, 5.41) is 7.45. The molecule has 1 amide bonds. The first kappa shape index (κ1) is 21.0. The van der Waals surface area contributed by atoms with Gasteiger partial charge in [0, 0.05) is 30.5 Å². The molecule has 0 bridgehead atoms. The van der Waals surface area contributed by atoms with Crippen molar-refractivity contribution in [3.8, 4) is 16.9 Å². The molecule has 1 atom stereocenters. The SMILES string of the molecule is Cc1cc(F)c(C(=O)NC2CC2)cc1-c1cnn(-c2cnc3ccc([C@@H]4CCN(C)C4)cn23)c1. The van der Waals surface area contributed by atoms with Crippen molar-refractivity contribution in [3.63, 3.8) is 0 Å². The zero-order valence-corrected chi connectivity index (χ0v) is 19.3. The molecule has 2 aliphatic rings. The molecule has 1 saturated carbocycles. The first-order chi connectivity index (χ1) is 16.5. The van der Waals surface area contributed by atoms with Crippen molar-refractivity contribution in [1.29, 1.82) is 0 Å². The Morgan fingerprint density at radius 3 is 2.76 bits per heavy atom. The zero-order chi connectivity index (χ0) is 23.4. The lowest BCUT2D eigenvalue weighted by molar-refractivity contribution is 0.0947. The van der Waals surface area contributed by atoms with E-state index in [1.807, 2.05) is 19.3 Å².